The first kappa shape index (κ1) is 14.3. The van der Waals surface area contributed by atoms with Gasteiger partial charge in [0, 0.05) is 11.3 Å². The number of aromatic carboxylic acids is 1. The van der Waals surface area contributed by atoms with E-state index < -0.39 is 11.6 Å². The predicted octanol–water partition coefficient (Wildman–Crippen LogP) is 3.44. The standard InChI is InChI=1S/C15H20O3S/c1-14(2,18)10-4-7-15(3,8-5-10)11-6-9-19-12(11)13(16)17/h4,6-7,9-10,18H,5,8H2,1-3H3,(H,16,17). The Labute approximate surface area is 117 Å². The molecule has 0 amide bonds. The molecule has 1 aliphatic carbocycles. The first-order valence-electron chi connectivity index (χ1n) is 6.47. The van der Waals surface area contributed by atoms with Crippen LogP contribution in [0.5, 0.6) is 0 Å². The lowest BCUT2D eigenvalue weighted by Gasteiger charge is -2.37. The second-order valence-corrected chi connectivity index (χ2v) is 6.96. The van der Waals surface area contributed by atoms with Gasteiger partial charge in [0.2, 0.25) is 0 Å². The summed E-state index contributed by atoms with van der Waals surface area (Å²) in [4.78, 5) is 11.7. The topological polar surface area (TPSA) is 57.5 Å². The molecule has 3 nitrogen and oxygen atoms in total. The number of carboxylic acid groups (broad SMARTS) is 1. The lowest BCUT2D eigenvalue weighted by molar-refractivity contribution is 0.0284. The van der Waals surface area contributed by atoms with Crippen molar-refractivity contribution in [2.24, 2.45) is 5.92 Å². The summed E-state index contributed by atoms with van der Waals surface area (Å²) in [5.41, 5.74) is -0.0761. The number of carbonyl (C=O) groups is 1. The van der Waals surface area contributed by atoms with Crippen LogP contribution in [0.15, 0.2) is 23.6 Å². The third kappa shape index (κ3) is 2.74. The Kier molecular flexibility index (Phi) is 3.58. The Morgan fingerprint density at radius 3 is 2.68 bits per heavy atom. The smallest absolute Gasteiger partial charge is 0.346 e. The third-order valence-electron chi connectivity index (χ3n) is 4.05. The Hall–Kier alpha value is -1.13. The molecule has 0 spiro atoms. The van der Waals surface area contributed by atoms with E-state index in [1.165, 1.54) is 11.3 Å². The van der Waals surface area contributed by atoms with Gasteiger partial charge in [0.15, 0.2) is 0 Å². The van der Waals surface area contributed by atoms with Crippen LogP contribution in [0, 0.1) is 5.92 Å². The summed E-state index contributed by atoms with van der Waals surface area (Å²) in [5.74, 6) is -0.725. The van der Waals surface area contributed by atoms with Gasteiger partial charge in [0.1, 0.15) is 4.88 Å². The van der Waals surface area contributed by atoms with E-state index in [-0.39, 0.29) is 11.3 Å². The van der Waals surface area contributed by atoms with E-state index >= 15 is 0 Å². The lowest BCUT2D eigenvalue weighted by Crippen LogP contribution is -2.35. The number of aliphatic hydroxyl groups is 1. The average Bonchev–Trinajstić information content (AvgIpc) is 2.77. The molecule has 0 fully saturated rings. The van der Waals surface area contributed by atoms with Crippen molar-refractivity contribution in [3.05, 3.63) is 34.0 Å². The van der Waals surface area contributed by atoms with Gasteiger partial charge in [-0.15, -0.1) is 11.3 Å². The number of carboxylic acids is 1. The number of hydrogen-bond donors (Lipinski definition) is 2. The molecular formula is C15H20O3S. The molecule has 1 aliphatic rings. The predicted molar refractivity (Wildman–Crippen MR) is 76.8 cm³/mol. The fourth-order valence-corrected chi connectivity index (χ4v) is 3.57. The normalized spacial score (nSPS) is 27.5. The molecule has 0 aromatic carbocycles. The number of hydrogen-bond acceptors (Lipinski definition) is 3. The number of rotatable bonds is 3. The van der Waals surface area contributed by atoms with Gasteiger partial charge in [0.05, 0.1) is 5.60 Å². The first-order chi connectivity index (χ1) is 8.74. The zero-order valence-corrected chi connectivity index (χ0v) is 12.3. The van der Waals surface area contributed by atoms with Gasteiger partial charge in [-0.1, -0.05) is 19.1 Å². The van der Waals surface area contributed by atoms with Gasteiger partial charge in [-0.25, -0.2) is 4.79 Å². The zero-order chi connectivity index (χ0) is 14.3. The summed E-state index contributed by atoms with van der Waals surface area (Å²) >= 11 is 1.27. The fraction of sp³-hybridized carbons (Fsp3) is 0.533. The Morgan fingerprint density at radius 1 is 1.53 bits per heavy atom. The molecule has 0 radical (unpaired) electrons. The Balaban J connectivity index is 2.31. The van der Waals surface area contributed by atoms with E-state index in [0.29, 0.717) is 4.88 Å². The first-order valence-corrected chi connectivity index (χ1v) is 7.35. The molecule has 0 saturated carbocycles. The summed E-state index contributed by atoms with van der Waals surface area (Å²) in [6.45, 7) is 5.70. The van der Waals surface area contributed by atoms with Crippen molar-refractivity contribution in [1.29, 1.82) is 0 Å². The number of allylic oxidation sites excluding steroid dienone is 1. The molecule has 2 rings (SSSR count). The van der Waals surface area contributed by atoms with Crippen molar-refractivity contribution in [3.63, 3.8) is 0 Å². The summed E-state index contributed by atoms with van der Waals surface area (Å²) < 4.78 is 0. The number of thiophene rings is 1. The molecule has 2 N–H and O–H groups in total. The van der Waals surface area contributed by atoms with Crippen LogP contribution in [0.3, 0.4) is 0 Å². The highest BCUT2D eigenvalue weighted by atomic mass is 32.1. The zero-order valence-electron chi connectivity index (χ0n) is 11.5. The van der Waals surface area contributed by atoms with E-state index in [4.69, 9.17) is 0 Å². The van der Waals surface area contributed by atoms with E-state index in [1.54, 1.807) is 0 Å². The van der Waals surface area contributed by atoms with Gasteiger partial charge in [-0.3, -0.25) is 0 Å². The largest absolute Gasteiger partial charge is 0.477 e. The van der Waals surface area contributed by atoms with Crippen molar-refractivity contribution in [2.45, 2.75) is 44.6 Å². The molecule has 1 aromatic heterocycles. The van der Waals surface area contributed by atoms with Crippen LogP contribution in [0.2, 0.25) is 0 Å². The van der Waals surface area contributed by atoms with Crippen LogP contribution < -0.4 is 0 Å². The molecule has 104 valence electrons. The highest BCUT2D eigenvalue weighted by Gasteiger charge is 2.36. The average molecular weight is 280 g/mol. The van der Waals surface area contributed by atoms with Gasteiger partial charge < -0.3 is 10.2 Å². The minimum Gasteiger partial charge on any atom is -0.477 e. The van der Waals surface area contributed by atoms with Crippen LogP contribution in [0.1, 0.15) is 48.8 Å². The molecular weight excluding hydrogens is 260 g/mol. The van der Waals surface area contributed by atoms with Crippen molar-refractivity contribution in [2.75, 3.05) is 0 Å². The minimum absolute atomic E-state index is 0.132. The van der Waals surface area contributed by atoms with Crippen LogP contribution in [-0.4, -0.2) is 21.8 Å². The van der Waals surface area contributed by atoms with Gasteiger partial charge in [0.25, 0.3) is 0 Å². The Bertz CT molecular complexity index is 510. The molecule has 2 atom stereocenters. The molecule has 1 aromatic rings. The monoisotopic (exact) mass is 280 g/mol. The van der Waals surface area contributed by atoms with Crippen LogP contribution in [0.25, 0.3) is 0 Å². The minimum atomic E-state index is -0.857. The van der Waals surface area contributed by atoms with Crippen molar-refractivity contribution >= 4 is 17.3 Å². The summed E-state index contributed by atoms with van der Waals surface area (Å²) in [5, 5.41) is 21.1. The maximum atomic E-state index is 11.2. The van der Waals surface area contributed by atoms with E-state index in [9.17, 15) is 15.0 Å². The molecule has 0 aliphatic heterocycles. The molecule has 2 unspecified atom stereocenters. The van der Waals surface area contributed by atoms with E-state index in [0.717, 1.165) is 18.4 Å². The van der Waals surface area contributed by atoms with Gasteiger partial charge in [-0.05, 0) is 43.7 Å². The molecule has 19 heavy (non-hydrogen) atoms. The second kappa shape index (κ2) is 4.76. The van der Waals surface area contributed by atoms with E-state index in [1.807, 2.05) is 31.4 Å². The van der Waals surface area contributed by atoms with Crippen LogP contribution in [0.4, 0.5) is 0 Å². The highest BCUT2D eigenvalue weighted by molar-refractivity contribution is 7.12. The van der Waals surface area contributed by atoms with Crippen molar-refractivity contribution < 1.29 is 15.0 Å². The quantitative estimate of drug-likeness (QED) is 0.834. The summed E-state index contributed by atoms with van der Waals surface area (Å²) in [6.07, 6.45) is 5.82. The van der Waals surface area contributed by atoms with Crippen LogP contribution >= 0.6 is 11.3 Å². The molecule has 0 bridgehead atoms. The van der Waals surface area contributed by atoms with Crippen molar-refractivity contribution in [3.8, 4) is 0 Å². The van der Waals surface area contributed by atoms with Gasteiger partial charge in [-0.2, -0.15) is 0 Å². The summed E-state index contributed by atoms with van der Waals surface area (Å²) in [7, 11) is 0. The second-order valence-electron chi connectivity index (χ2n) is 6.04. The maximum absolute atomic E-state index is 11.2. The third-order valence-corrected chi connectivity index (χ3v) is 4.96. The molecule has 0 saturated heterocycles. The fourth-order valence-electron chi connectivity index (χ4n) is 2.70. The SMILES string of the molecule is CC1(c2ccsc2C(=O)O)C=CC(C(C)(C)O)CC1. The molecule has 4 heteroatoms. The maximum Gasteiger partial charge on any atom is 0.346 e. The van der Waals surface area contributed by atoms with Gasteiger partial charge >= 0.3 is 5.97 Å². The van der Waals surface area contributed by atoms with Crippen molar-refractivity contribution in [1.82, 2.24) is 0 Å². The van der Waals surface area contributed by atoms with Crippen LogP contribution in [-0.2, 0) is 5.41 Å². The van der Waals surface area contributed by atoms with E-state index in [2.05, 4.69) is 13.0 Å². The lowest BCUT2D eigenvalue weighted by atomic mass is 9.70. The summed E-state index contributed by atoms with van der Waals surface area (Å²) in [6, 6.07) is 1.91. The Morgan fingerprint density at radius 2 is 2.21 bits per heavy atom. The highest BCUT2D eigenvalue weighted by Crippen LogP contribution is 2.41. The molecule has 1 heterocycles.